The number of alkyl halides is 3. The minimum Gasteiger partial charge on any atom is -0.495 e. The van der Waals surface area contributed by atoms with Crippen LogP contribution in [-0.2, 0) is 22.3 Å². The maximum absolute atomic E-state index is 13.3. The molecule has 4 rings (SSSR count). The van der Waals surface area contributed by atoms with Crippen molar-refractivity contribution in [1.29, 1.82) is 0 Å². The molecule has 2 amide bonds. The van der Waals surface area contributed by atoms with E-state index in [9.17, 15) is 22.8 Å². The molecule has 0 bridgehead atoms. The molecule has 0 spiro atoms. The zero-order valence-corrected chi connectivity index (χ0v) is 24.1. The molecule has 0 atom stereocenters. The highest BCUT2D eigenvalue weighted by molar-refractivity contribution is 7.99. The Kier molecular flexibility index (Phi) is 10.2. The number of carbonyl (C=O) groups excluding carboxylic acids is 2. The van der Waals surface area contributed by atoms with E-state index in [2.05, 4.69) is 20.8 Å². The number of methoxy groups -OCH3 is 1. The lowest BCUT2D eigenvalue weighted by atomic mass is 10.1. The van der Waals surface area contributed by atoms with Crippen molar-refractivity contribution in [3.05, 3.63) is 88.2 Å². The fourth-order valence-electron chi connectivity index (χ4n) is 3.68. The zero-order valence-electron chi connectivity index (χ0n) is 21.7. The van der Waals surface area contributed by atoms with Crippen LogP contribution >= 0.6 is 35.0 Å². The van der Waals surface area contributed by atoms with Crippen LogP contribution in [0.1, 0.15) is 11.4 Å². The fourth-order valence-corrected chi connectivity index (χ4v) is 4.91. The predicted molar refractivity (Wildman–Crippen MR) is 153 cm³/mol. The van der Waals surface area contributed by atoms with Gasteiger partial charge in [-0.25, -0.2) is 0 Å². The molecule has 0 fully saturated rings. The molecule has 0 aliphatic rings. The number of hydrogen-bond acceptors (Lipinski definition) is 7. The first-order chi connectivity index (χ1) is 20.1. The highest BCUT2D eigenvalue weighted by atomic mass is 35.5. The third-order valence-corrected chi connectivity index (χ3v) is 7.02. The zero-order chi connectivity index (χ0) is 30.3. The summed E-state index contributed by atoms with van der Waals surface area (Å²) < 4.78 is 52.5. The standard InChI is InChI=1S/C27H22Cl2F3N5O4S/c1-40-22-9-5-4-8-20(22)37-23(13-33-24(38)14-41-21-11-10-16(28)12-18(21)29)35-36-26(37)42-15-25(39)34-19-7-3-2-6-17(19)27(30,31)32/h2-12H,13-15H2,1H3,(H,33,38)(H,34,39). The number of benzene rings is 3. The number of amides is 2. The van der Waals surface area contributed by atoms with Crippen molar-refractivity contribution >= 4 is 52.5 Å². The van der Waals surface area contributed by atoms with E-state index in [1.807, 2.05) is 0 Å². The largest absolute Gasteiger partial charge is 0.495 e. The van der Waals surface area contributed by atoms with Gasteiger partial charge in [0, 0.05) is 5.02 Å². The predicted octanol–water partition coefficient (Wildman–Crippen LogP) is 6.03. The van der Waals surface area contributed by atoms with E-state index in [0.29, 0.717) is 22.3 Å². The second kappa shape index (κ2) is 13.8. The second-order valence-electron chi connectivity index (χ2n) is 8.43. The number of halogens is 5. The van der Waals surface area contributed by atoms with Crippen molar-refractivity contribution in [2.24, 2.45) is 0 Å². The van der Waals surface area contributed by atoms with Gasteiger partial charge in [0.15, 0.2) is 17.6 Å². The minimum atomic E-state index is -4.63. The van der Waals surface area contributed by atoms with Gasteiger partial charge in [-0.3, -0.25) is 14.2 Å². The first kappa shape index (κ1) is 31.0. The first-order valence-electron chi connectivity index (χ1n) is 12.1. The molecule has 220 valence electrons. The average molecular weight is 640 g/mol. The van der Waals surface area contributed by atoms with Crippen LogP contribution < -0.4 is 20.1 Å². The monoisotopic (exact) mass is 639 g/mol. The van der Waals surface area contributed by atoms with E-state index in [4.69, 9.17) is 32.7 Å². The van der Waals surface area contributed by atoms with Gasteiger partial charge in [0.2, 0.25) is 5.91 Å². The molecular formula is C27H22Cl2F3N5O4S. The number of hydrogen-bond donors (Lipinski definition) is 2. The smallest absolute Gasteiger partial charge is 0.418 e. The number of para-hydroxylation sites is 3. The van der Waals surface area contributed by atoms with Gasteiger partial charge in [0.1, 0.15) is 11.5 Å². The molecule has 2 N–H and O–H groups in total. The lowest BCUT2D eigenvalue weighted by Crippen LogP contribution is -2.29. The van der Waals surface area contributed by atoms with Gasteiger partial charge in [-0.05, 0) is 42.5 Å². The third-order valence-electron chi connectivity index (χ3n) is 5.56. The molecule has 0 aliphatic heterocycles. The van der Waals surface area contributed by atoms with Gasteiger partial charge in [-0.2, -0.15) is 13.2 Å². The maximum atomic E-state index is 13.3. The Balaban J connectivity index is 1.48. The van der Waals surface area contributed by atoms with Crippen molar-refractivity contribution in [1.82, 2.24) is 20.1 Å². The number of anilines is 1. The Bertz CT molecular complexity index is 1590. The van der Waals surface area contributed by atoms with E-state index >= 15 is 0 Å². The van der Waals surface area contributed by atoms with Crippen molar-refractivity contribution in [2.75, 3.05) is 24.8 Å². The molecular weight excluding hydrogens is 618 g/mol. The van der Waals surface area contributed by atoms with Crippen LogP contribution in [-0.4, -0.2) is 46.0 Å². The highest BCUT2D eigenvalue weighted by Gasteiger charge is 2.33. The summed E-state index contributed by atoms with van der Waals surface area (Å²) in [6.45, 7) is -0.418. The highest BCUT2D eigenvalue weighted by Crippen LogP contribution is 2.35. The van der Waals surface area contributed by atoms with E-state index < -0.39 is 23.6 Å². The lowest BCUT2D eigenvalue weighted by Gasteiger charge is -2.15. The summed E-state index contributed by atoms with van der Waals surface area (Å²) in [5.74, 6) is -0.407. The molecule has 0 saturated carbocycles. The first-order valence-corrected chi connectivity index (χ1v) is 13.8. The molecule has 0 saturated heterocycles. The van der Waals surface area contributed by atoms with Gasteiger partial charge in [-0.15, -0.1) is 10.2 Å². The molecule has 15 heteroatoms. The van der Waals surface area contributed by atoms with Gasteiger partial charge < -0.3 is 20.1 Å². The third kappa shape index (κ3) is 7.87. The van der Waals surface area contributed by atoms with E-state index in [1.54, 1.807) is 34.9 Å². The lowest BCUT2D eigenvalue weighted by molar-refractivity contribution is -0.137. The Labute approximate surface area is 252 Å². The van der Waals surface area contributed by atoms with Crippen LogP contribution in [0.25, 0.3) is 5.69 Å². The maximum Gasteiger partial charge on any atom is 0.418 e. The number of carbonyl (C=O) groups is 2. The summed E-state index contributed by atoms with van der Waals surface area (Å²) >= 11 is 12.9. The minimum absolute atomic E-state index is 0.0761. The second-order valence-corrected chi connectivity index (χ2v) is 10.2. The average Bonchev–Trinajstić information content (AvgIpc) is 3.36. The van der Waals surface area contributed by atoms with E-state index in [-0.39, 0.29) is 40.5 Å². The van der Waals surface area contributed by atoms with Crippen LogP contribution in [0.4, 0.5) is 18.9 Å². The molecule has 0 aliphatic carbocycles. The van der Waals surface area contributed by atoms with Crippen LogP contribution in [0, 0.1) is 0 Å². The summed E-state index contributed by atoms with van der Waals surface area (Å²) in [7, 11) is 1.47. The van der Waals surface area contributed by atoms with Crippen LogP contribution in [0.2, 0.25) is 10.0 Å². The number of ether oxygens (including phenoxy) is 2. The Morgan fingerprint density at radius 1 is 0.976 bits per heavy atom. The topological polar surface area (TPSA) is 107 Å². The van der Waals surface area contributed by atoms with Crippen molar-refractivity contribution in [2.45, 2.75) is 17.9 Å². The quantitative estimate of drug-likeness (QED) is 0.193. The summed E-state index contributed by atoms with van der Waals surface area (Å²) in [6.07, 6.45) is -4.63. The van der Waals surface area contributed by atoms with Crippen molar-refractivity contribution in [3.63, 3.8) is 0 Å². The van der Waals surface area contributed by atoms with Gasteiger partial charge in [0.25, 0.3) is 5.91 Å². The number of nitrogens with zero attached hydrogens (tertiary/aromatic N) is 3. The molecule has 0 unspecified atom stereocenters. The number of nitrogens with one attached hydrogen (secondary N) is 2. The fraction of sp³-hybridized carbons (Fsp3) is 0.185. The molecule has 0 radical (unpaired) electrons. The Hall–Kier alpha value is -3.94. The molecule has 1 heterocycles. The number of rotatable bonds is 11. The molecule has 3 aromatic carbocycles. The Morgan fingerprint density at radius 3 is 2.45 bits per heavy atom. The number of aromatic nitrogens is 3. The van der Waals surface area contributed by atoms with E-state index in [1.165, 1.54) is 37.4 Å². The van der Waals surface area contributed by atoms with Gasteiger partial charge >= 0.3 is 6.18 Å². The molecule has 4 aromatic rings. The summed E-state index contributed by atoms with van der Waals surface area (Å²) in [5, 5.41) is 14.2. The summed E-state index contributed by atoms with van der Waals surface area (Å²) in [6, 6.07) is 16.2. The molecule has 42 heavy (non-hydrogen) atoms. The molecule has 9 nitrogen and oxygen atoms in total. The summed E-state index contributed by atoms with van der Waals surface area (Å²) in [5.41, 5.74) is -0.794. The van der Waals surface area contributed by atoms with Crippen molar-refractivity contribution in [3.8, 4) is 17.2 Å². The van der Waals surface area contributed by atoms with Gasteiger partial charge in [0.05, 0.1) is 41.4 Å². The van der Waals surface area contributed by atoms with Crippen LogP contribution in [0.5, 0.6) is 11.5 Å². The normalized spacial score (nSPS) is 11.2. The SMILES string of the molecule is COc1ccccc1-n1c(CNC(=O)COc2ccc(Cl)cc2Cl)nnc1SCC(=O)Nc1ccccc1C(F)(F)F. The Morgan fingerprint density at radius 2 is 1.71 bits per heavy atom. The van der Waals surface area contributed by atoms with Crippen LogP contribution in [0.3, 0.4) is 0 Å². The van der Waals surface area contributed by atoms with E-state index in [0.717, 1.165) is 17.8 Å². The van der Waals surface area contributed by atoms with Gasteiger partial charge in [-0.1, -0.05) is 59.2 Å². The van der Waals surface area contributed by atoms with Crippen molar-refractivity contribution < 1.29 is 32.2 Å². The summed E-state index contributed by atoms with van der Waals surface area (Å²) in [4.78, 5) is 25.1. The number of thioether (sulfide) groups is 1. The molecule has 1 aromatic heterocycles. The van der Waals surface area contributed by atoms with Crippen LogP contribution in [0.15, 0.2) is 71.9 Å².